The minimum Gasteiger partial charge on any atom is -0.294 e. The number of halogens is 1. The summed E-state index contributed by atoms with van der Waals surface area (Å²) in [5.41, 5.74) is 5.84. The molecule has 0 saturated carbocycles. The molecule has 4 heteroatoms. The van der Waals surface area contributed by atoms with Crippen LogP contribution in [0.2, 0.25) is 0 Å². The molecule has 0 aliphatic carbocycles. The van der Waals surface area contributed by atoms with E-state index in [4.69, 9.17) is 9.97 Å². The largest absolute Gasteiger partial charge is 0.294 e. The molecule has 0 aliphatic rings. The van der Waals surface area contributed by atoms with E-state index in [-0.39, 0.29) is 0 Å². The summed E-state index contributed by atoms with van der Waals surface area (Å²) in [6, 6.07) is 34.0. The Bertz CT molecular complexity index is 1130. The van der Waals surface area contributed by atoms with Gasteiger partial charge in [0.1, 0.15) is 0 Å². The molecule has 0 bridgehead atoms. The summed E-state index contributed by atoms with van der Waals surface area (Å²) in [4.78, 5) is 9.85. The van der Waals surface area contributed by atoms with Gasteiger partial charge in [0, 0.05) is 16.3 Å². The van der Waals surface area contributed by atoms with Crippen LogP contribution in [0.4, 0.5) is 0 Å². The summed E-state index contributed by atoms with van der Waals surface area (Å²) >= 11 is 4.23. The molecule has 2 heterocycles. The van der Waals surface area contributed by atoms with Gasteiger partial charge in [-0.3, -0.25) is 4.98 Å². The van der Waals surface area contributed by atoms with Crippen LogP contribution >= 0.6 is 19.4 Å². The zero-order chi connectivity index (χ0) is 19.3. The van der Waals surface area contributed by atoms with Gasteiger partial charge in [-0.2, -0.15) is 0 Å². The van der Waals surface area contributed by atoms with E-state index in [2.05, 4.69) is 84.0 Å². The van der Waals surface area contributed by atoms with Crippen LogP contribution in [0.5, 0.6) is 0 Å². The Morgan fingerprint density at radius 1 is 0.607 bits per heavy atom. The molecule has 0 fully saturated rings. The van der Waals surface area contributed by atoms with Gasteiger partial charge in [0.15, 0.2) is 0 Å². The Labute approximate surface area is 185 Å². The third-order valence-corrected chi connectivity index (χ3v) is 4.57. The molecule has 0 radical (unpaired) electrons. The van der Waals surface area contributed by atoms with E-state index >= 15 is 0 Å². The first kappa shape index (κ1) is 19.2. The van der Waals surface area contributed by atoms with Crippen molar-refractivity contribution in [2.24, 2.45) is 0 Å². The quantitative estimate of drug-likeness (QED) is 0.119. The maximum absolute atomic E-state index is 4.94. The van der Waals surface area contributed by atoms with Gasteiger partial charge < -0.3 is 0 Å². The van der Waals surface area contributed by atoms with Gasteiger partial charge in [-0.15, -0.1) is 35.9 Å². The molecule has 0 saturated heterocycles. The summed E-state index contributed by atoms with van der Waals surface area (Å²) in [5.74, 6) is 0. The first-order valence-electron chi connectivity index (χ1n) is 8.73. The second-order valence-electron chi connectivity index (χ2n) is 6.24. The van der Waals surface area contributed by atoms with Gasteiger partial charge in [0.2, 0.25) is 0 Å². The van der Waals surface area contributed by atoms with Crippen molar-refractivity contribution >= 4 is 41.2 Å². The first-order valence-corrected chi connectivity index (χ1v) is 15.2. The van der Waals surface area contributed by atoms with Crippen LogP contribution in [0.1, 0.15) is 0 Å². The minimum absolute atomic E-state index is 0.914. The number of benzene rings is 3. The van der Waals surface area contributed by atoms with Crippen LogP contribution < -0.4 is 0 Å². The number of pyridine rings is 2. The van der Waals surface area contributed by atoms with E-state index in [0.29, 0.717) is 0 Å². The fourth-order valence-electron chi connectivity index (χ4n) is 3.24. The first-order chi connectivity index (χ1) is 13.9. The summed E-state index contributed by atoms with van der Waals surface area (Å²) < 4.78 is 0. The van der Waals surface area contributed by atoms with E-state index in [1.54, 1.807) is 0 Å². The van der Waals surface area contributed by atoms with Crippen molar-refractivity contribution in [1.29, 1.82) is 0 Å². The van der Waals surface area contributed by atoms with Crippen LogP contribution in [0.3, 0.4) is 0 Å². The number of rotatable bonds is 2. The molecule has 0 spiro atoms. The Morgan fingerprint density at radius 2 is 1.18 bits per heavy atom. The van der Waals surface area contributed by atoms with E-state index in [1.165, 1.54) is 0 Å². The summed E-state index contributed by atoms with van der Waals surface area (Å²) in [7, 11) is 0. The molecule has 2 nitrogen and oxygen atoms in total. The maximum Gasteiger partial charge on any atom is 0.0962 e. The Morgan fingerprint density at radius 3 is 1.82 bits per heavy atom. The van der Waals surface area contributed by atoms with Crippen molar-refractivity contribution in [2.75, 3.05) is 0 Å². The molecule has 2 aromatic heterocycles. The SMILES string of the molecule is [I][Pt+].[c-]1ccccc1-c1ccc2ccc3ccc(-c4ccccc4)nc3c2n1. The molecule has 3 aromatic carbocycles. The molecular formula is C24H15IN2Pt. The smallest absolute Gasteiger partial charge is 0.0962 e. The predicted molar refractivity (Wildman–Crippen MR) is 121 cm³/mol. The van der Waals surface area contributed by atoms with E-state index in [0.717, 1.165) is 44.3 Å². The van der Waals surface area contributed by atoms with Crippen molar-refractivity contribution in [3.05, 3.63) is 97.1 Å². The van der Waals surface area contributed by atoms with Crippen molar-refractivity contribution in [2.45, 2.75) is 0 Å². The van der Waals surface area contributed by atoms with Crippen LogP contribution in [0, 0.1) is 6.07 Å². The second-order valence-corrected chi connectivity index (χ2v) is 6.24. The summed E-state index contributed by atoms with van der Waals surface area (Å²) in [6.07, 6.45) is 0. The van der Waals surface area contributed by atoms with Gasteiger partial charge in [0.25, 0.3) is 0 Å². The van der Waals surface area contributed by atoms with Gasteiger partial charge in [-0.05, 0) is 11.8 Å². The second kappa shape index (κ2) is 8.93. The van der Waals surface area contributed by atoms with Crippen molar-refractivity contribution < 1.29 is 16.1 Å². The van der Waals surface area contributed by atoms with Crippen LogP contribution in [-0.2, 0) is 16.1 Å². The molecule has 0 N–H and O–H groups in total. The number of aromatic nitrogens is 2. The maximum atomic E-state index is 4.94. The fourth-order valence-corrected chi connectivity index (χ4v) is 3.24. The van der Waals surface area contributed by atoms with Gasteiger partial charge in [-0.25, -0.2) is 4.98 Å². The fraction of sp³-hybridized carbons (Fsp3) is 0. The van der Waals surface area contributed by atoms with E-state index in [9.17, 15) is 0 Å². The zero-order valence-electron chi connectivity index (χ0n) is 14.7. The third kappa shape index (κ3) is 3.87. The molecule has 0 atom stereocenters. The summed E-state index contributed by atoms with van der Waals surface area (Å²) in [6.45, 7) is 0. The molecule has 138 valence electrons. The van der Waals surface area contributed by atoms with Gasteiger partial charge in [-0.1, -0.05) is 60.7 Å². The zero-order valence-corrected chi connectivity index (χ0v) is 19.2. The summed E-state index contributed by atoms with van der Waals surface area (Å²) in [5, 5.41) is 2.19. The van der Waals surface area contributed by atoms with Crippen LogP contribution in [0.15, 0.2) is 91.0 Å². The number of hydrogen-bond acceptors (Lipinski definition) is 2. The number of fused-ring (bicyclic) bond motifs is 3. The molecule has 5 aromatic rings. The van der Waals surface area contributed by atoms with E-state index < -0.39 is 0 Å². The average Bonchev–Trinajstić information content (AvgIpc) is 2.81. The number of nitrogens with zero attached hydrogens (tertiary/aromatic N) is 2. The third-order valence-electron chi connectivity index (χ3n) is 4.57. The van der Waals surface area contributed by atoms with Crippen LogP contribution in [-0.4, -0.2) is 9.97 Å². The molecule has 5 rings (SSSR count). The van der Waals surface area contributed by atoms with Gasteiger partial charge in [0.05, 0.1) is 16.7 Å². The Balaban J connectivity index is 0.000000932. The van der Waals surface area contributed by atoms with E-state index in [1.807, 2.05) is 48.5 Å². The van der Waals surface area contributed by atoms with Crippen molar-refractivity contribution in [3.63, 3.8) is 0 Å². The van der Waals surface area contributed by atoms with Crippen molar-refractivity contribution in [1.82, 2.24) is 9.97 Å². The average molecular weight is 653 g/mol. The predicted octanol–water partition coefficient (Wildman–Crippen LogP) is 6.80. The normalized spacial score (nSPS) is 10.5. The Kier molecular flexibility index (Phi) is 6.13. The Hall–Kier alpha value is -2.10. The topological polar surface area (TPSA) is 25.8 Å². The standard InChI is InChI=1S/C24H15N2.HI.Pt/c1-3-7-17(8-4-1)21-15-13-19-11-12-20-14-16-22(18-9-5-2-6-10-18)26-24(20)23(19)25-21;;/h1-9,11-16H;1H;/q-1;;+2/p-1. The van der Waals surface area contributed by atoms with Crippen LogP contribution in [0.25, 0.3) is 44.3 Å². The molecular weight excluding hydrogens is 638 g/mol. The van der Waals surface area contributed by atoms with Gasteiger partial charge >= 0.3 is 35.5 Å². The number of hydrogen-bond donors (Lipinski definition) is 0. The van der Waals surface area contributed by atoms with Crippen molar-refractivity contribution in [3.8, 4) is 22.5 Å². The molecule has 0 unspecified atom stereocenters. The minimum atomic E-state index is 0.914. The molecule has 0 aliphatic heterocycles. The monoisotopic (exact) mass is 653 g/mol. The molecule has 28 heavy (non-hydrogen) atoms. The molecule has 0 amide bonds.